The molecule has 0 N–H and O–H groups in total. The van der Waals surface area contributed by atoms with Crippen molar-refractivity contribution < 1.29 is 50.1 Å². The number of esters is 2. The van der Waals surface area contributed by atoms with Crippen molar-refractivity contribution in [3.05, 3.63) is 12.2 Å². The van der Waals surface area contributed by atoms with Crippen molar-refractivity contribution in [3.63, 3.8) is 0 Å². The van der Waals surface area contributed by atoms with Crippen LogP contribution in [0, 0.1) is 0 Å². The molecule has 5 nitrogen and oxygen atoms in total. The van der Waals surface area contributed by atoms with Crippen molar-refractivity contribution in [1.29, 1.82) is 0 Å². The average molecular weight is 324 g/mol. The van der Waals surface area contributed by atoms with Crippen LogP contribution < -0.4 is 0 Å². The number of alkyl halides is 6. The fourth-order valence-electron chi connectivity index (χ4n) is 0.944. The molecule has 0 heterocycles. The Morgan fingerprint density at radius 3 is 1.90 bits per heavy atom. The molecule has 0 unspecified atom stereocenters. The molecule has 0 radical (unpaired) electrons. The van der Waals surface area contributed by atoms with E-state index >= 15 is 0 Å². The summed E-state index contributed by atoms with van der Waals surface area (Å²) in [7, 11) is 1.20. The summed E-state index contributed by atoms with van der Waals surface area (Å²) >= 11 is 0. The molecule has 0 aliphatic rings. The van der Waals surface area contributed by atoms with Crippen LogP contribution in [0.5, 0.6) is 0 Å². The van der Waals surface area contributed by atoms with Crippen molar-refractivity contribution in [2.75, 3.05) is 20.3 Å². The number of ether oxygens (including phenoxy) is 3. The van der Waals surface area contributed by atoms with Gasteiger partial charge in [0.05, 0.1) is 12.2 Å². The quantitative estimate of drug-likeness (QED) is 0.423. The molecule has 0 atom stereocenters. The summed E-state index contributed by atoms with van der Waals surface area (Å²) in [6.45, 7) is 1.43. The summed E-state index contributed by atoms with van der Waals surface area (Å²) < 4.78 is 84.2. The fraction of sp³-hybridized carbons (Fsp3) is 0.600. The molecule has 0 aromatic rings. The van der Waals surface area contributed by atoms with Gasteiger partial charge in [-0.3, -0.25) is 0 Å². The lowest BCUT2D eigenvalue weighted by Gasteiger charge is -2.22. The first kappa shape index (κ1) is 19.2. The molecule has 0 spiro atoms. The number of carbonyl (C=O) groups is 2. The maximum absolute atomic E-state index is 12.1. The molecule has 0 saturated heterocycles. The summed E-state index contributed by atoms with van der Waals surface area (Å²) in [5.74, 6) is -3.22. The minimum Gasteiger partial charge on any atom is -0.450 e. The molecule has 0 bridgehead atoms. The Bertz CT molecular complexity index is 386. The first-order valence-electron chi connectivity index (χ1n) is 5.06. The lowest BCUT2D eigenvalue weighted by atomic mass is 10.3. The normalized spacial score (nSPS) is 12.2. The van der Waals surface area contributed by atoms with Gasteiger partial charge >= 0.3 is 24.3 Å². The van der Waals surface area contributed by atoms with E-state index in [4.69, 9.17) is 0 Å². The molecule has 122 valence electrons. The first-order chi connectivity index (χ1) is 9.39. The molecular weight excluding hydrogens is 314 g/mol. The smallest absolute Gasteiger partial charge is 0.434 e. The molecular formula is C10H10F6O5. The van der Waals surface area contributed by atoms with Gasteiger partial charge in [-0.1, -0.05) is 6.58 Å². The van der Waals surface area contributed by atoms with Gasteiger partial charge in [-0.25, -0.2) is 9.59 Å². The zero-order valence-corrected chi connectivity index (χ0v) is 10.5. The highest BCUT2D eigenvalue weighted by atomic mass is 19.4. The van der Waals surface area contributed by atoms with Gasteiger partial charge in [0, 0.05) is 7.11 Å². The first-order valence-corrected chi connectivity index (χ1v) is 5.06. The van der Waals surface area contributed by atoms with Crippen LogP contribution in [0.4, 0.5) is 26.3 Å². The van der Waals surface area contributed by atoms with E-state index in [-0.39, 0.29) is 12.2 Å². The van der Waals surface area contributed by atoms with Crippen LogP contribution in [0.25, 0.3) is 0 Å². The van der Waals surface area contributed by atoms with Gasteiger partial charge in [-0.15, -0.1) is 0 Å². The minimum atomic E-state index is -5.84. The lowest BCUT2D eigenvalue weighted by molar-refractivity contribution is -0.313. The van der Waals surface area contributed by atoms with Crippen molar-refractivity contribution in [2.45, 2.75) is 18.5 Å². The van der Waals surface area contributed by atoms with E-state index in [0.29, 0.717) is 0 Å². The zero-order chi connectivity index (χ0) is 16.8. The lowest BCUT2D eigenvalue weighted by Crippen LogP contribution is -2.46. The second-order valence-corrected chi connectivity index (χ2v) is 3.57. The van der Waals surface area contributed by atoms with Gasteiger partial charge in [-0.05, 0) is 0 Å². The van der Waals surface area contributed by atoms with E-state index in [2.05, 4.69) is 20.8 Å². The molecule has 11 heteroatoms. The maximum atomic E-state index is 12.1. The molecule has 0 aliphatic carbocycles. The third-order valence-electron chi connectivity index (χ3n) is 1.77. The molecule has 0 aliphatic heterocycles. The number of hydrogen-bond donors (Lipinski definition) is 0. The van der Waals surface area contributed by atoms with Crippen molar-refractivity contribution in [3.8, 4) is 0 Å². The van der Waals surface area contributed by atoms with Crippen molar-refractivity contribution >= 4 is 11.9 Å². The highest BCUT2D eigenvalue weighted by Gasteiger charge is 2.59. The van der Waals surface area contributed by atoms with E-state index in [9.17, 15) is 35.9 Å². The van der Waals surface area contributed by atoms with Gasteiger partial charge in [0.2, 0.25) is 0 Å². The Kier molecular flexibility index (Phi) is 6.67. The Hall–Kier alpha value is -1.78. The summed E-state index contributed by atoms with van der Waals surface area (Å²) in [5.41, 5.74) is -0.284. The monoisotopic (exact) mass is 324 g/mol. The van der Waals surface area contributed by atoms with E-state index in [0.717, 1.165) is 0 Å². The van der Waals surface area contributed by atoms with Gasteiger partial charge < -0.3 is 14.2 Å². The van der Waals surface area contributed by atoms with Crippen LogP contribution in [0.1, 0.15) is 0 Å². The van der Waals surface area contributed by atoms with Gasteiger partial charge in [0.25, 0.3) is 6.10 Å². The molecule has 0 aromatic heterocycles. The van der Waals surface area contributed by atoms with Gasteiger partial charge in [0.1, 0.15) is 0 Å². The molecule has 0 fully saturated rings. The van der Waals surface area contributed by atoms with E-state index < -0.39 is 37.0 Å². The van der Waals surface area contributed by atoms with Crippen LogP contribution in [0.3, 0.4) is 0 Å². The minimum absolute atomic E-state index is 0.284. The standard InChI is InChI=1S/C10H10F6O5/c1-5(3-19-2)7(18)20-4-6(17)21-8(9(11,12)13)10(14,15)16/h8H,1,3-4H2,2H3. The summed E-state index contributed by atoms with van der Waals surface area (Å²) in [4.78, 5) is 21.9. The number of rotatable bonds is 6. The van der Waals surface area contributed by atoms with Gasteiger partial charge in [-0.2, -0.15) is 26.3 Å². The zero-order valence-electron chi connectivity index (χ0n) is 10.5. The van der Waals surface area contributed by atoms with E-state index in [1.54, 1.807) is 0 Å². The highest BCUT2D eigenvalue weighted by molar-refractivity contribution is 5.89. The number of methoxy groups -OCH3 is 1. The summed E-state index contributed by atoms with van der Waals surface area (Å²) in [6.07, 6.45) is -16.0. The molecule has 0 saturated carbocycles. The average Bonchev–Trinajstić information content (AvgIpc) is 2.30. The third kappa shape index (κ3) is 6.97. The fourth-order valence-corrected chi connectivity index (χ4v) is 0.944. The van der Waals surface area contributed by atoms with E-state index in [1.165, 1.54) is 7.11 Å². The van der Waals surface area contributed by atoms with Crippen LogP contribution >= 0.6 is 0 Å². The van der Waals surface area contributed by atoms with Crippen LogP contribution in [-0.2, 0) is 23.8 Å². The number of hydrogen-bond acceptors (Lipinski definition) is 5. The van der Waals surface area contributed by atoms with Crippen LogP contribution in [-0.4, -0.2) is 50.7 Å². The second kappa shape index (κ2) is 7.29. The predicted octanol–water partition coefficient (Wildman–Crippen LogP) is 1.77. The predicted molar refractivity (Wildman–Crippen MR) is 54.0 cm³/mol. The topological polar surface area (TPSA) is 61.8 Å². The maximum Gasteiger partial charge on any atom is 0.434 e. The molecule has 0 aromatic carbocycles. The second-order valence-electron chi connectivity index (χ2n) is 3.57. The number of halogens is 6. The van der Waals surface area contributed by atoms with Crippen LogP contribution in [0.2, 0.25) is 0 Å². The van der Waals surface area contributed by atoms with Crippen LogP contribution in [0.15, 0.2) is 12.2 Å². The Labute approximate surface area is 114 Å². The third-order valence-corrected chi connectivity index (χ3v) is 1.77. The summed E-state index contributed by atoms with van der Waals surface area (Å²) in [5, 5.41) is 0. The van der Waals surface area contributed by atoms with Gasteiger partial charge in [0.15, 0.2) is 6.61 Å². The SMILES string of the molecule is C=C(COC)C(=O)OCC(=O)OC(C(F)(F)F)C(F)(F)F. The Morgan fingerprint density at radius 1 is 1.05 bits per heavy atom. The highest BCUT2D eigenvalue weighted by Crippen LogP contribution is 2.35. The largest absolute Gasteiger partial charge is 0.450 e. The van der Waals surface area contributed by atoms with Crippen molar-refractivity contribution in [1.82, 2.24) is 0 Å². The molecule has 0 amide bonds. The Morgan fingerprint density at radius 2 is 1.52 bits per heavy atom. The van der Waals surface area contributed by atoms with E-state index in [1.807, 2.05) is 0 Å². The van der Waals surface area contributed by atoms with Crippen molar-refractivity contribution in [2.24, 2.45) is 0 Å². The molecule has 0 rings (SSSR count). The number of carbonyl (C=O) groups excluding carboxylic acids is 2. The molecule has 21 heavy (non-hydrogen) atoms. The Balaban J connectivity index is 4.54. The summed E-state index contributed by atoms with van der Waals surface area (Å²) in [6, 6.07) is 0.